The second-order valence-corrected chi connectivity index (χ2v) is 19.9. The highest BCUT2D eigenvalue weighted by atomic mass is 32.1. The van der Waals surface area contributed by atoms with E-state index in [1.54, 1.807) is 18.3 Å². The summed E-state index contributed by atoms with van der Waals surface area (Å²) in [7, 11) is 3.99. The summed E-state index contributed by atoms with van der Waals surface area (Å²) in [6, 6.07) is 0. The number of ketones is 1. The van der Waals surface area contributed by atoms with Gasteiger partial charge in [0.05, 0.1) is 31.2 Å². The van der Waals surface area contributed by atoms with Crippen LogP contribution in [0.4, 0.5) is 0 Å². The van der Waals surface area contributed by atoms with Crippen LogP contribution in [0.3, 0.4) is 0 Å². The van der Waals surface area contributed by atoms with Gasteiger partial charge in [-0.25, -0.2) is 0 Å². The molecule has 1 N–H and O–H groups in total. The summed E-state index contributed by atoms with van der Waals surface area (Å²) >= 11 is 1.65. The molecule has 0 spiro atoms. The van der Waals surface area contributed by atoms with Gasteiger partial charge in [0.2, 0.25) is 5.91 Å². The Bertz CT molecular complexity index is 1400. The molecule has 1 unspecified atom stereocenters. The van der Waals surface area contributed by atoms with Crippen LogP contribution in [-0.4, -0.2) is 86.3 Å². The Morgan fingerprint density at radius 3 is 1.70 bits per heavy atom. The van der Waals surface area contributed by atoms with Gasteiger partial charge in [0.25, 0.3) is 5.91 Å². The number of amides is 2. The van der Waals surface area contributed by atoms with Gasteiger partial charge in [-0.1, -0.05) is 150 Å². The minimum atomic E-state index is -0.113. The van der Waals surface area contributed by atoms with Crippen LogP contribution in [0.25, 0.3) is 0 Å². The Hall–Kier alpha value is -2.79. The van der Waals surface area contributed by atoms with Crippen molar-refractivity contribution in [3.8, 4) is 0 Å². The lowest BCUT2D eigenvalue weighted by Gasteiger charge is -2.27. The molecule has 1 atom stereocenters. The summed E-state index contributed by atoms with van der Waals surface area (Å²) in [5.41, 5.74) is 1.94. The van der Waals surface area contributed by atoms with Crippen molar-refractivity contribution in [2.75, 3.05) is 46.9 Å². The second-order valence-electron chi connectivity index (χ2n) is 18.6. The van der Waals surface area contributed by atoms with Crippen LogP contribution in [0.15, 0.2) is 0 Å². The van der Waals surface area contributed by atoms with Crippen LogP contribution in [0.2, 0.25) is 0 Å². The van der Waals surface area contributed by atoms with Crippen molar-refractivity contribution in [3.63, 3.8) is 0 Å². The quantitative estimate of drug-likeness (QED) is 0.0514. The summed E-state index contributed by atoms with van der Waals surface area (Å²) in [5.74, 6) is 0.289. The summed E-state index contributed by atoms with van der Waals surface area (Å²) < 4.78 is 10.9. The zero-order valence-electron chi connectivity index (χ0n) is 44.2. The first-order valence-corrected chi connectivity index (χ1v) is 27.9. The fourth-order valence-electron chi connectivity index (χ4n) is 8.22. The van der Waals surface area contributed by atoms with Crippen molar-refractivity contribution < 1.29 is 33.4 Å². The number of rotatable bonds is 38. The summed E-state index contributed by atoms with van der Waals surface area (Å²) in [5, 5.41) is 3.04. The Labute approximate surface area is 409 Å². The Morgan fingerprint density at radius 1 is 0.652 bits per heavy atom. The molecule has 0 aromatic carbocycles. The standard InChI is InChI=1S/C35H61N3O4S.C18H34O3.C2H6/c1-6-8-10-12-13-16-20-29(19-15-11-9-7-2)35(41)42-26-18-14-17-21-32(39)38-24-22-30-31(27-38)43-28(3)33(30)34(40)36-23-25-37(4)5;1-3-4-5-6-7-8-9-10-13-16-21-18(20)15-12-11-14-17(2)19;1-2/h29H,6-27H2,1-5H3,(H,36,40);3-16H2,1-2H3;1-2H3. The number of fused-ring (bicyclic) bond motifs is 1. The third kappa shape index (κ3) is 32.8. The number of carbonyl (C=O) groups is 5. The molecule has 66 heavy (non-hydrogen) atoms. The van der Waals surface area contributed by atoms with Gasteiger partial charge in [0, 0.05) is 48.7 Å². The topological polar surface area (TPSA) is 122 Å². The van der Waals surface area contributed by atoms with E-state index in [4.69, 9.17) is 9.47 Å². The monoisotopic (exact) mass is 948 g/mol. The molecular weight excluding hydrogens is 847 g/mol. The molecule has 1 aliphatic rings. The molecule has 11 heteroatoms. The fourth-order valence-corrected chi connectivity index (χ4v) is 9.45. The van der Waals surface area contributed by atoms with Crippen LogP contribution in [-0.2, 0) is 41.6 Å². The maximum Gasteiger partial charge on any atom is 0.308 e. The normalized spacial score (nSPS) is 12.4. The highest BCUT2D eigenvalue weighted by Gasteiger charge is 2.28. The van der Waals surface area contributed by atoms with Crippen LogP contribution < -0.4 is 5.32 Å². The van der Waals surface area contributed by atoms with Gasteiger partial charge in [-0.3, -0.25) is 19.2 Å². The van der Waals surface area contributed by atoms with Gasteiger partial charge in [-0.15, -0.1) is 11.3 Å². The third-order valence-corrected chi connectivity index (χ3v) is 13.4. The molecule has 0 fully saturated rings. The van der Waals surface area contributed by atoms with Crippen molar-refractivity contribution in [1.29, 1.82) is 0 Å². The van der Waals surface area contributed by atoms with E-state index in [1.807, 2.05) is 39.8 Å². The lowest BCUT2D eigenvalue weighted by atomic mass is 9.94. The summed E-state index contributed by atoms with van der Waals surface area (Å²) in [6.07, 6.45) is 31.9. The van der Waals surface area contributed by atoms with E-state index >= 15 is 0 Å². The molecule has 1 aliphatic heterocycles. The number of aryl methyl sites for hydroxylation is 1. The number of nitrogens with one attached hydrogen (secondary N) is 1. The molecule has 2 heterocycles. The van der Waals surface area contributed by atoms with Gasteiger partial charge in [0.15, 0.2) is 0 Å². The molecule has 1 aromatic heterocycles. The van der Waals surface area contributed by atoms with E-state index in [9.17, 15) is 24.0 Å². The smallest absolute Gasteiger partial charge is 0.308 e. The average Bonchev–Trinajstić information content (AvgIpc) is 3.64. The number of ether oxygens (including phenoxy) is 2. The van der Waals surface area contributed by atoms with Gasteiger partial charge in [-0.2, -0.15) is 0 Å². The zero-order valence-corrected chi connectivity index (χ0v) is 45.0. The number of nitrogens with zero attached hydrogens (tertiary/aromatic N) is 2. The lowest BCUT2D eigenvalue weighted by Crippen LogP contribution is -2.36. The van der Waals surface area contributed by atoms with Gasteiger partial charge < -0.3 is 29.4 Å². The number of hydrogen-bond donors (Lipinski definition) is 1. The van der Waals surface area contributed by atoms with E-state index < -0.39 is 0 Å². The molecule has 0 saturated heterocycles. The van der Waals surface area contributed by atoms with E-state index in [0.29, 0.717) is 52.1 Å². The first kappa shape index (κ1) is 63.2. The summed E-state index contributed by atoms with van der Waals surface area (Å²) in [4.78, 5) is 67.0. The van der Waals surface area contributed by atoms with Gasteiger partial charge >= 0.3 is 11.9 Å². The van der Waals surface area contributed by atoms with Crippen LogP contribution in [0.1, 0.15) is 253 Å². The molecule has 1 aromatic rings. The Morgan fingerprint density at radius 2 is 1.14 bits per heavy atom. The summed E-state index contributed by atoms with van der Waals surface area (Å²) in [6.45, 7) is 18.0. The number of thiophene rings is 1. The molecule has 10 nitrogen and oxygen atoms in total. The van der Waals surface area contributed by atoms with Crippen molar-refractivity contribution in [1.82, 2.24) is 15.1 Å². The lowest BCUT2D eigenvalue weighted by molar-refractivity contribution is -0.149. The predicted molar refractivity (Wildman–Crippen MR) is 277 cm³/mol. The molecule has 2 amide bonds. The number of likely N-dealkylation sites (N-methyl/N-ethyl adjacent to an activating group) is 1. The Balaban J connectivity index is 0.00000154. The third-order valence-electron chi connectivity index (χ3n) is 12.3. The average molecular weight is 948 g/mol. The number of esters is 2. The zero-order chi connectivity index (χ0) is 49.2. The van der Waals surface area contributed by atoms with Gasteiger partial charge in [-0.05, 0) is 91.3 Å². The first-order valence-electron chi connectivity index (χ1n) is 27.1. The van der Waals surface area contributed by atoms with Crippen molar-refractivity contribution >= 4 is 40.9 Å². The number of hydrogen-bond acceptors (Lipinski definition) is 9. The molecule has 0 radical (unpaired) electrons. The van der Waals surface area contributed by atoms with Crippen LogP contribution >= 0.6 is 11.3 Å². The maximum absolute atomic E-state index is 13.0. The van der Waals surface area contributed by atoms with Crippen molar-refractivity contribution in [2.45, 2.75) is 248 Å². The maximum atomic E-state index is 13.0. The van der Waals surface area contributed by atoms with E-state index in [0.717, 1.165) is 104 Å². The molecule has 0 saturated carbocycles. The predicted octanol–water partition coefficient (Wildman–Crippen LogP) is 13.9. The van der Waals surface area contributed by atoms with Crippen molar-refractivity contribution in [3.05, 3.63) is 20.9 Å². The van der Waals surface area contributed by atoms with E-state index in [2.05, 4.69) is 31.0 Å². The van der Waals surface area contributed by atoms with Crippen LogP contribution in [0.5, 0.6) is 0 Å². The number of unbranched alkanes of at least 4 members (excludes halogenated alkanes) is 19. The first-order chi connectivity index (χ1) is 31.9. The minimum absolute atomic E-state index is 0.00236. The Kier molecular flexibility index (Phi) is 41.6. The van der Waals surface area contributed by atoms with E-state index in [-0.39, 0.29) is 35.5 Å². The highest BCUT2D eigenvalue weighted by Crippen LogP contribution is 2.33. The minimum Gasteiger partial charge on any atom is -0.466 e. The van der Waals surface area contributed by atoms with E-state index in [1.165, 1.54) is 96.3 Å². The van der Waals surface area contributed by atoms with Crippen LogP contribution in [0, 0.1) is 12.8 Å². The molecule has 0 bridgehead atoms. The van der Waals surface area contributed by atoms with Gasteiger partial charge in [0.1, 0.15) is 5.78 Å². The molecule has 384 valence electrons. The molecule has 0 aliphatic carbocycles. The van der Waals surface area contributed by atoms with Crippen molar-refractivity contribution in [2.24, 2.45) is 5.92 Å². The largest absolute Gasteiger partial charge is 0.466 e. The molecular formula is C55H101N3O7S. The second kappa shape index (κ2) is 43.5. The molecule has 2 rings (SSSR count). The number of Topliss-reactive ketones (excluding diaryl/α,β-unsaturated/α-hetero) is 1. The highest BCUT2D eigenvalue weighted by molar-refractivity contribution is 7.12. The fraction of sp³-hybridized carbons (Fsp3) is 0.836. The SMILES string of the molecule is CC.CCCCCCCCC(CCCCCC)C(=O)OCCCCCC(=O)N1CCc2c(sc(C)c2C(=O)NCCN(C)C)C1.CCCCCCCCCCCOC(=O)CCCCC(C)=O. The number of carbonyl (C=O) groups excluding carboxylic acids is 5.